The highest BCUT2D eigenvalue weighted by Gasteiger charge is 2.65. The molecule has 2 aromatic carbocycles. The zero-order valence-corrected chi connectivity index (χ0v) is 19.4. The summed E-state index contributed by atoms with van der Waals surface area (Å²) in [6.07, 6.45) is 5.00. The first-order chi connectivity index (χ1) is 14.4. The van der Waals surface area contributed by atoms with E-state index in [4.69, 9.17) is 9.73 Å². The van der Waals surface area contributed by atoms with Crippen LogP contribution in [0, 0.1) is 22.7 Å². The van der Waals surface area contributed by atoms with Crippen molar-refractivity contribution in [1.29, 1.82) is 0 Å². The van der Waals surface area contributed by atoms with Crippen molar-refractivity contribution in [2.24, 2.45) is 27.7 Å². The van der Waals surface area contributed by atoms with Gasteiger partial charge < -0.3 is 4.74 Å². The van der Waals surface area contributed by atoms with Gasteiger partial charge in [0.25, 0.3) is 0 Å². The second kappa shape index (κ2) is 7.34. The molecular weight excluding hydrogens is 385 g/mol. The van der Waals surface area contributed by atoms with Crippen molar-refractivity contribution in [1.82, 2.24) is 0 Å². The van der Waals surface area contributed by atoms with Crippen molar-refractivity contribution >= 4 is 24.4 Å². The quantitative estimate of drug-likeness (QED) is 0.556. The molecule has 2 bridgehead atoms. The summed E-state index contributed by atoms with van der Waals surface area (Å²) in [5.41, 5.74) is 0.0515. The number of fused-ring (bicyclic) bond motifs is 2. The van der Waals surface area contributed by atoms with Crippen LogP contribution in [0.5, 0.6) is 0 Å². The number of hydrogen-bond acceptors (Lipinski definition) is 2. The molecule has 0 radical (unpaired) electrons. The molecule has 0 saturated heterocycles. The highest BCUT2D eigenvalue weighted by molar-refractivity contribution is 7.76. The predicted molar refractivity (Wildman–Crippen MR) is 128 cm³/mol. The fraction of sp³-hybridized carbons (Fsp3) is 0.444. The van der Waals surface area contributed by atoms with E-state index in [9.17, 15) is 0 Å². The van der Waals surface area contributed by atoms with Crippen LogP contribution in [0.25, 0.3) is 0 Å². The SMILES string of the molecule is CC(C)[C@@H]1COC([C@@]23CC[C@H](C=C2P(c2ccccc2)c2ccccc2)C3(C)C)=N1. The van der Waals surface area contributed by atoms with Gasteiger partial charge in [-0.3, -0.25) is 0 Å². The molecule has 0 spiro atoms. The highest BCUT2D eigenvalue weighted by Crippen LogP contribution is 2.72. The molecule has 2 aromatic rings. The molecule has 0 amide bonds. The number of benzene rings is 2. The van der Waals surface area contributed by atoms with Crippen LogP contribution in [-0.2, 0) is 4.74 Å². The summed E-state index contributed by atoms with van der Waals surface area (Å²) < 4.78 is 6.44. The minimum atomic E-state index is -0.619. The Morgan fingerprint density at radius 3 is 2.07 bits per heavy atom. The van der Waals surface area contributed by atoms with Crippen LogP contribution in [0.15, 0.2) is 77.0 Å². The predicted octanol–water partition coefficient (Wildman–Crippen LogP) is 5.89. The molecule has 156 valence electrons. The maximum atomic E-state index is 6.44. The van der Waals surface area contributed by atoms with E-state index in [2.05, 4.69) is 94.4 Å². The molecule has 1 heterocycles. The van der Waals surface area contributed by atoms with E-state index in [0.717, 1.165) is 18.9 Å². The van der Waals surface area contributed by atoms with Gasteiger partial charge in [0.1, 0.15) is 6.61 Å². The van der Waals surface area contributed by atoms with Gasteiger partial charge in [-0.1, -0.05) is 94.4 Å². The third kappa shape index (κ3) is 2.83. The minimum absolute atomic E-state index is 0.0846. The summed E-state index contributed by atoms with van der Waals surface area (Å²) in [5.74, 6) is 2.13. The molecule has 30 heavy (non-hydrogen) atoms. The number of allylic oxidation sites excluding steroid dienone is 1. The normalized spacial score (nSPS) is 29.3. The lowest BCUT2D eigenvalue weighted by molar-refractivity contribution is 0.182. The van der Waals surface area contributed by atoms with Crippen LogP contribution in [0.4, 0.5) is 0 Å². The van der Waals surface area contributed by atoms with Crippen molar-refractivity contribution < 1.29 is 4.74 Å². The Kier molecular flexibility index (Phi) is 4.90. The molecule has 3 atom stereocenters. The van der Waals surface area contributed by atoms with E-state index in [1.54, 1.807) is 5.31 Å². The molecule has 2 aliphatic carbocycles. The average molecular weight is 418 g/mol. The summed E-state index contributed by atoms with van der Waals surface area (Å²) >= 11 is 0. The van der Waals surface area contributed by atoms with E-state index in [0.29, 0.717) is 11.8 Å². The lowest BCUT2D eigenvalue weighted by Gasteiger charge is -2.42. The molecule has 0 N–H and O–H groups in total. The fourth-order valence-electron chi connectivity index (χ4n) is 5.76. The Hall–Kier alpha value is -1.92. The molecule has 2 nitrogen and oxygen atoms in total. The molecule has 0 unspecified atom stereocenters. The smallest absolute Gasteiger partial charge is 0.195 e. The molecule has 0 aromatic heterocycles. The first-order valence-electron chi connectivity index (χ1n) is 11.3. The topological polar surface area (TPSA) is 21.6 Å². The van der Waals surface area contributed by atoms with Crippen molar-refractivity contribution in [3.8, 4) is 0 Å². The van der Waals surface area contributed by atoms with Gasteiger partial charge in [-0.05, 0) is 53.9 Å². The van der Waals surface area contributed by atoms with E-state index >= 15 is 0 Å². The number of ether oxygens (including phenoxy) is 1. The maximum Gasteiger partial charge on any atom is 0.195 e. The van der Waals surface area contributed by atoms with Crippen molar-refractivity contribution in [3.05, 3.63) is 72.1 Å². The fourth-order valence-corrected chi connectivity index (χ4v) is 8.76. The lowest BCUT2D eigenvalue weighted by atomic mass is 9.68. The zero-order chi connectivity index (χ0) is 20.9. The van der Waals surface area contributed by atoms with E-state index < -0.39 is 7.92 Å². The lowest BCUT2D eigenvalue weighted by Crippen LogP contribution is -2.42. The maximum absolute atomic E-state index is 6.44. The second-order valence-corrected chi connectivity index (χ2v) is 12.1. The summed E-state index contributed by atoms with van der Waals surface area (Å²) in [6.45, 7) is 10.1. The zero-order valence-electron chi connectivity index (χ0n) is 18.5. The second-order valence-electron chi connectivity index (χ2n) is 9.89. The van der Waals surface area contributed by atoms with Crippen LogP contribution >= 0.6 is 7.92 Å². The average Bonchev–Trinajstić information content (AvgIpc) is 3.40. The van der Waals surface area contributed by atoms with Gasteiger partial charge in [-0.25, -0.2) is 4.99 Å². The van der Waals surface area contributed by atoms with E-state index in [1.165, 1.54) is 17.0 Å². The first-order valence-corrected chi connectivity index (χ1v) is 12.6. The molecule has 1 saturated carbocycles. The van der Waals surface area contributed by atoms with Crippen LogP contribution in [0.2, 0.25) is 0 Å². The minimum Gasteiger partial charge on any atom is -0.478 e. The van der Waals surface area contributed by atoms with Crippen molar-refractivity contribution in [2.75, 3.05) is 6.61 Å². The summed E-state index contributed by atoms with van der Waals surface area (Å²) in [7, 11) is -0.619. The molecule has 3 heteroatoms. The Labute approximate surface area is 182 Å². The number of nitrogens with zero attached hydrogens (tertiary/aromatic N) is 1. The van der Waals surface area contributed by atoms with Gasteiger partial charge in [-0.2, -0.15) is 0 Å². The monoisotopic (exact) mass is 417 g/mol. The third-order valence-electron chi connectivity index (χ3n) is 7.73. The Morgan fingerprint density at radius 1 is 0.967 bits per heavy atom. The summed E-state index contributed by atoms with van der Waals surface area (Å²) in [4.78, 5) is 5.22. The Morgan fingerprint density at radius 2 is 1.57 bits per heavy atom. The first kappa shape index (κ1) is 20.0. The van der Waals surface area contributed by atoms with Gasteiger partial charge in [0.05, 0.1) is 11.5 Å². The summed E-state index contributed by atoms with van der Waals surface area (Å²) in [5, 5.41) is 4.41. The molecule has 5 rings (SSSR count). The third-order valence-corrected chi connectivity index (χ3v) is 10.4. The summed E-state index contributed by atoms with van der Waals surface area (Å²) in [6, 6.07) is 22.5. The van der Waals surface area contributed by atoms with Gasteiger partial charge >= 0.3 is 0 Å². The van der Waals surface area contributed by atoms with E-state index in [1.807, 2.05) is 0 Å². The van der Waals surface area contributed by atoms with Crippen LogP contribution in [0.3, 0.4) is 0 Å². The Balaban J connectivity index is 1.68. The van der Waals surface area contributed by atoms with Crippen LogP contribution < -0.4 is 10.6 Å². The largest absolute Gasteiger partial charge is 0.478 e. The van der Waals surface area contributed by atoms with Gasteiger partial charge in [0, 0.05) is 0 Å². The van der Waals surface area contributed by atoms with Gasteiger partial charge in [-0.15, -0.1) is 0 Å². The molecule has 1 aliphatic heterocycles. The molecular formula is C27H32NOP. The van der Waals surface area contributed by atoms with Crippen molar-refractivity contribution in [2.45, 2.75) is 46.6 Å². The number of aliphatic imine (C=N–C) groups is 1. The number of hydrogen-bond donors (Lipinski definition) is 0. The number of rotatable bonds is 5. The van der Waals surface area contributed by atoms with Crippen molar-refractivity contribution in [3.63, 3.8) is 0 Å². The molecule has 1 fully saturated rings. The van der Waals surface area contributed by atoms with Crippen LogP contribution in [-0.4, -0.2) is 18.5 Å². The molecule has 3 aliphatic rings. The highest BCUT2D eigenvalue weighted by atomic mass is 31.1. The van der Waals surface area contributed by atoms with E-state index in [-0.39, 0.29) is 16.9 Å². The Bertz CT molecular complexity index is 939. The van der Waals surface area contributed by atoms with Crippen LogP contribution in [0.1, 0.15) is 40.5 Å². The van der Waals surface area contributed by atoms with Gasteiger partial charge in [0.2, 0.25) is 0 Å². The standard InChI is InChI=1S/C27H32NOP/c1-19(2)23-18-29-25(28-23)27-16-15-20(26(27,3)4)17-24(27)30(21-11-7-5-8-12-21)22-13-9-6-10-14-22/h5-14,17,19-20,23H,15-16,18H2,1-4H3/t20-,23+,27-/m1/s1. The van der Waals surface area contributed by atoms with Gasteiger partial charge in [0.15, 0.2) is 5.90 Å².